The van der Waals surface area contributed by atoms with Crippen LogP contribution in [0.3, 0.4) is 0 Å². The minimum atomic E-state index is -1.23. The van der Waals surface area contributed by atoms with Crippen LogP contribution in [-0.2, 0) is 27.3 Å². The lowest BCUT2D eigenvalue weighted by molar-refractivity contribution is -0.143. The molecule has 3 heterocycles. The van der Waals surface area contributed by atoms with Crippen molar-refractivity contribution in [2.45, 2.75) is 37.9 Å². The fourth-order valence-corrected chi connectivity index (χ4v) is 4.79. The maximum absolute atomic E-state index is 13.0. The number of aliphatic carboxylic acids is 1. The van der Waals surface area contributed by atoms with E-state index in [9.17, 15) is 29.1 Å². The maximum atomic E-state index is 13.0. The number of aromatic nitrogens is 1. The van der Waals surface area contributed by atoms with Crippen molar-refractivity contribution in [1.29, 1.82) is 0 Å². The van der Waals surface area contributed by atoms with Gasteiger partial charge in [-0.25, -0.2) is 9.69 Å². The Labute approximate surface area is 217 Å². The molecule has 2 atom stereocenters. The Morgan fingerprint density at radius 3 is 2.34 bits per heavy atom. The van der Waals surface area contributed by atoms with Gasteiger partial charge in [-0.1, -0.05) is 42.5 Å². The highest BCUT2D eigenvalue weighted by Gasteiger charge is 2.38. The minimum Gasteiger partial charge on any atom is -0.480 e. The zero-order chi connectivity index (χ0) is 26.8. The van der Waals surface area contributed by atoms with Gasteiger partial charge < -0.3 is 15.3 Å². The first kappa shape index (κ1) is 24.8. The summed E-state index contributed by atoms with van der Waals surface area (Å²) in [7, 11) is 0. The molecular weight excluding hydrogens is 488 g/mol. The smallest absolute Gasteiger partial charge is 0.326 e. The van der Waals surface area contributed by atoms with Crippen LogP contribution in [0.4, 0.5) is 5.69 Å². The second kappa shape index (κ2) is 10.3. The molecule has 0 bridgehead atoms. The highest BCUT2D eigenvalue weighted by Crippen LogP contribution is 2.28. The third-order valence-electron chi connectivity index (χ3n) is 6.76. The summed E-state index contributed by atoms with van der Waals surface area (Å²) in [6.45, 7) is 0.269. The number of hydrogen-bond donors (Lipinski definition) is 2. The van der Waals surface area contributed by atoms with Crippen molar-refractivity contribution in [3.05, 3.63) is 95.3 Å². The van der Waals surface area contributed by atoms with Crippen LogP contribution in [0.2, 0.25) is 0 Å². The van der Waals surface area contributed by atoms with E-state index in [0.717, 1.165) is 10.5 Å². The van der Waals surface area contributed by atoms with Crippen molar-refractivity contribution in [2.75, 3.05) is 4.90 Å². The number of nitrogens with zero attached hydrogens (tertiary/aromatic N) is 3. The summed E-state index contributed by atoms with van der Waals surface area (Å²) >= 11 is 0. The highest BCUT2D eigenvalue weighted by atomic mass is 16.4. The average molecular weight is 513 g/mol. The molecule has 2 aliphatic rings. The van der Waals surface area contributed by atoms with E-state index in [1.54, 1.807) is 24.3 Å². The van der Waals surface area contributed by atoms with Crippen molar-refractivity contribution in [3.63, 3.8) is 0 Å². The number of nitrogens with one attached hydrogen (secondary N) is 1. The number of fused-ring (bicyclic) bond motifs is 1. The minimum absolute atomic E-state index is 0.0211. The summed E-state index contributed by atoms with van der Waals surface area (Å²) in [6, 6.07) is 15.1. The average Bonchev–Trinajstić information content (AvgIpc) is 3.41. The Balaban J connectivity index is 1.26. The molecule has 0 aliphatic carbocycles. The molecule has 2 N–H and O–H groups in total. The molecule has 192 valence electrons. The molecule has 3 aromatic rings. The largest absolute Gasteiger partial charge is 0.480 e. The fourth-order valence-electron chi connectivity index (χ4n) is 4.79. The Kier molecular flexibility index (Phi) is 6.69. The Morgan fingerprint density at radius 1 is 0.947 bits per heavy atom. The van der Waals surface area contributed by atoms with Gasteiger partial charge in [0.25, 0.3) is 11.8 Å². The van der Waals surface area contributed by atoms with Crippen LogP contribution < -0.4 is 10.2 Å². The van der Waals surface area contributed by atoms with Crippen molar-refractivity contribution in [3.8, 4) is 0 Å². The van der Waals surface area contributed by atoms with Gasteiger partial charge in [0.15, 0.2) is 0 Å². The molecule has 1 fully saturated rings. The molecular formula is C28H24N4O6. The predicted molar refractivity (Wildman–Crippen MR) is 135 cm³/mol. The summed E-state index contributed by atoms with van der Waals surface area (Å²) in [6.07, 6.45) is 3.31. The van der Waals surface area contributed by atoms with E-state index in [4.69, 9.17) is 0 Å². The first-order valence-electron chi connectivity index (χ1n) is 12.1. The molecule has 0 radical (unpaired) electrons. The quantitative estimate of drug-likeness (QED) is 0.442. The van der Waals surface area contributed by atoms with Gasteiger partial charge in [0.2, 0.25) is 11.8 Å². The van der Waals surface area contributed by atoms with Gasteiger partial charge in [0.05, 0.1) is 16.8 Å². The van der Waals surface area contributed by atoms with Crippen LogP contribution >= 0.6 is 0 Å². The van der Waals surface area contributed by atoms with Gasteiger partial charge in [-0.3, -0.25) is 24.2 Å². The number of imide groups is 1. The number of benzene rings is 2. The van der Waals surface area contributed by atoms with E-state index in [1.807, 2.05) is 30.3 Å². The number of hydrogen-bond acceptors (Lipinski definition) is 6. The Morgan fingerprint density at radius 2 is 1.66 bits per heavy atom. The topological polar surface area (TPSA) is 137 Å². The van der Waals surface area contributed by atoms with E-state index < -0.39 is 35.8 Å². The van der Waals surface area contributed by atoms with E-state index >= 15 is 0 Å². The third-order valence-corrected chi connectivity index (χ3v) is 6.76. The van der Waals surface area contributed by atoms with Gasteiger partial charge in [-0.05, 0) is 35.7 Å². The molecule has 5 rings (SSSR count). The number of carboxylic acids is 1. The SMILES string of the molecule is O=C(O)[C@H](Cc1ccc(N2C(=O)c3ccncc3C2=O)cc1)NC(=O)[C@@H]1CCC(=O)N1Cc1ccccc1. The molecule has 1 saturated heterocycles. The molecule has 2 aliphatic heterocycles. The number of carboxylic acid groups (broad SMARTS) is 1. The Bertz CT molecular complexity index is 1390. The third kappa shape index (κ3) is 4.75. The number of carbonyl (C=O) groups excluding carboxylic acids is 4. The second-order valence-electron chi connectivity index (χ2n) is 9.20. The zero-order valence-corrected chi connectivity index (χ0v) is 20.2. The number of pyridine rings is 1. The van der Waals surface area contributed by atoms with Gasteiger partial charge in [0.1, 0.15) is 12.1 Å². The maximum Gasteiger partial charge on any atom is 0.326 e. The first-order chi connectivity index (χ1) is 18.3. The molecule has 10 nitrogen and oxygen atoms in total. The van der Waals surface area contributed by atoms with Crippen molar-refractivity contribution in [1.82, 2.24) is 15.2 Å². The van der Waals surface area contributed by atoms with Crippen LogP contribution in [0.5, 0.6) is 0 Å². The molecule has 38 heavy (non-hydrogen) atoms. The van der Waals surface area contributed by atoms with Crippen LogP contribution in [0, 0.1) is 0 Å². The summed E-state index contributed by atoms with van der Waals surface area (Å²) in [5, 5.41) is 12.4. The lowest BCUT2D eigenvalue weighted by Gasteiger charge is -2.26. The fraction of sp³-hybridized carbons (Fsp3) is 0.214. The molecule has 0 saturated carbocycles. The summed E-state index contributed by atoms with van der Waals surface area (Å²) < 4.78 is 0. The van der Waals surface area contributed by atoms with Gasteiger partial charge in [-0.15, -0.1) is 0 Å². The van der Waals surface area contributed by atoms with Crippen LogP contribution in [-0.4, -0.2) is 56.7 Å². The van der Waals surface area contributed by atoms with E-state index in [2.05, 4.69) is 10.3 Å². The molecule has 2 aromatic carbocycles. The molecule has 0 spiro atoms. The number of likely N-dealkylation sites (tertiary alicyclic amines) is 1. The number of rotatable bonds is 8. The van der Waals surface area contributed by atoms with Gasteiger partial charge >= 0.3 is 5.97 Å². The first-order valence-corrected chi connectivity index (χ1v) is 12.1. The highest BCUT2D eigenvalue weighted by molar-refractivity contribution is 6.34. The second-order valence-corrected chi connectivity index (χ2v) is 9.20. The number of anilines is 1. The molecule has 0 unspecified atom stereocenters. The Hall–Kier alpha value is -4.86. The normalized spacial score (nSPS) is 17.5. The van der Waals surface area contributed by atoms with E-state index in [0.29, 0.717) is 17.7 Å². The van der Waals surface area contributed by atoms with Crippen molar-refractivity contribution < 1.29 is 29.1 Å². The van der Waals surface area contributed by atoms with Gasteiger partial charge in [-0.2, -0.15) is 0 Å². The summed E-state index contributed by atoms with van der Waals surface area (Å²) in [5.74, 6) is -2.82. The van der Waals surface area contributed by atoms with Crippen LogP contribution in [0.1, 0.15) is 44.7 Å². The lowest BCUT2D eigenvalue weighted by Crippen LogP contribution is -2.50. The van der Waals surface area contributed by atoms with Crippen LogP contribution in [0.15, 0.2) is 73.1 Å². The van der Waals surface area contributed by atoms with Gasteiger partial charge in [0, 0.05) is 31.8 Å². The van der Waals surface area contributed by atoms with Crippen LogP contribution in [0.25, 0.3) is 0 Å². The summed E-state index contributed by atoms with van der Waals surface area (Å²) in [5.41, 5.74) is 2.31. The van der Waals surface area contributed by atoms with Crippen molar-refractivity contribution in [2.24, 2.45) is 0 Å². The van der Waals surface area contributed by atoms with E-state index in [1.165, 1.54) is 23.4 Å². The van der Waals surface area contributed by atoms with E-state index in [-0.39, 0.29) is 36.4 Å². The standard InChI is InChI=1S/C28H24N4O6/c33-24-11-10-23(31(24)16-18-4-2-1-3-5-18)25(34)30-22(28(37)38)14-17-6-8-19(9-7-17)32-26(35)20-12-13-29-15-21(20)27(32)36/h1-9,12-13,15,22-23H,10-11,14,16H2,(H,30,34)(H,37,38)/t22-,23-/m0/s1. The molecule has 1 aromatic heterocycles. The number of carbonyl (C=O) groups is 5. The molecule has 4 amide bonds. The monoisotopic (exact) mass is 512 g/mol. The lowest BCUT2D eigenvalue weighted by atomic mass is 10.0. The predicted octanol–water partition coefficient (Wildman–Crippen LogP) is 2.19. The summed E-state index contributed by atoms with van der Waals surface area (Å²) in [4.78, 5) is 69.3. The molecule has 10 heteroatoms. The number of amides is 4. The zero-order valence-electron chi connectivity index (χ0n) is 20.2. The van der Waals surface area contributed by atoms with Crippen molar-refractivity contribution >= 4 is 35.3 Å².